The third kappa shape index (κ3) is 4.31. The molecule has 0 aliphatic carbocycles. The molecule has 0 unspecified atom stereocenters. The van der Waals surface area contributed by atoms with Crippen LogP contribution in [0.1, 0.15) is 30.6 Å². The predicted molar refractivity (Wildman–Crippen MR) is 77.7 cm³/mol. The Labute approximate surface area is 120 Å². The van der Waals surface area contributed by atoms with Crippen molar-refractivity contribution in [1.82, 2.24) is 4.90 Å². The molecule has 104 valence electrons. The second kappa shape index (κ2) is 7.23. The van der Waals surface area contributed by atoms with Gasteiger partial charge in [0.2, 0.25) is 0 Å². The molecular formula is C13H17BrN2O3. The van der Waals surface area contributed by atoms with Crippen molar-refractivity contribution >= 4 is 27.5 Å². The second-order valence-electron chi connectivity index (χ2n) is 4.44. The van der Waals surface area contributed by atoms with Gasteiger partial charge in [-0.05, 0) is 32.4 Å². The number of carbonyl (C=O) groups is 1. The summed E-state index contributed by atoms with van der Waals surface area (Å²) in [6.45, 7) is 4.58. The van der Waals surface area contributed by atoms with Crippen LogP contribution in [-0.4, -0.2) is 33.6 Å². The lowest BCUT2D eigenvalue weighted by molar-refractivity contribution is -0.384. The van der Waals surface area contributed by atoms with E-state index in [9.17, 15) is 14.9 Å². The van der Waals surface area contributed by atoms with Crippen molar-refractivity contribution in [2.45, 2.75) is 26.3 Å². The van der Waals surface area contributed by atoms with E-state index in [0.29, 0.717) is 12.1 Å². The van der Waals surface area contributed by atoms with Gasteiger partial charge in [-0.15, -0.1) is 0 Å². The van der Waals surface area contributed by atoms with Gasteiger partial charge in [0.05, 0.1) is 4.92 Å². The molecule has 1 aromatic rings. The fraction of sp³-hybridized carbons (Fsp3) is 0.462. The van der Waals surface area contributed by atoms with Gasteiger partial charge in [0.25, 0.3) is 11.6 Å². The van der Waals surface area contributed by atoms with Gasteiger partial charge in [0.1, 0.15) is 0 Å². The average Bonchev–Trinajstić information content (AvgIpc) is 2.38. The number of benzene rings is 1. The van der Waals surface area contributed by atoms with Crippen molar-refractivity contribution < 1.29 is 9.72 Å². The number of nitro benzene ring substituents is 1. The lowest BCUT2D eigenvalue weighted by Crippen LogP contribution is -2.37. The van der Waals surface area contributed by atoms with Crippen molar-refractivity contribution in [3.63, 3.8) is 0 Å². The number of alkyl halides is 1. The number of non-ortho nitro benzene ring substituents is 1. The number of amides is 1. The zero-order valence-corrected chi connectivity index (χ0v) is 12.6. The third-order valence-corrected chi connectivity index (χ3v) is 3.30. The number of nitro groups is 1. The highest BCUT2D eigenvalue weighted by atomic mass is 79.9. The van der Waals surface area contributed by atoms with Crippen LogP contribution in [0.5, 0.6) is 0 Å². The molecule has 0 atom stereocenters. The molecule has 1 amide bonds. The SMILES string of the molecule is CC(C)N(CCCBr)C(=O)c1ccc([N+](=O)[O-])cc1. The molecule has 0 radical (unpaired) electrons. The fourth-order valence-corrected chi connectivity index (χ4v) is 1.97. The van der Waals surface area contributed by atoms with Crippen LogP contribution in [0.2, 0.25) is 0 Å². The first-order valence-corrected chi connectivity index (χ1v) is 7.21. The van der Waals surface area contributed by atoms with E-state index in [-0.39, 0.29) is 17.6 Å². The van der Waals surface area contributed by atoms with E-state index in [2.05, 4.69) is 15.9 Å². The molecule has 0 aliphatic rings. The van der Waals surface area contributed by atoms with E-state index in [0.717, 1.165) is 11.8 Å². The van der Waals surface area contributed by atoms with Crippen molar-refractivity contribution in [3.8, 4) is 0 Å². The maximum Gasteiger partial charge on any atom is 0.269 e. The summed E-state index contributed by atoms with van der Waals surface area (Å²) in [5, 5.41) is 11.4. The van der Waals surface area contributed by atoms with Gasteiger partial charge >= 0.3 is 0 Å². The fourth-order valence-electron chi connectivity index (χ4n) is 1.72. The van der Waals surface area contributed by atoms with Crippen LogP contribution in [0.3, 0.4) is 0 Å². The van der Waals surface area contributed by atoms with Crippen LogP contribution in [-0.2, 0) is 0 Å². The lowest BCUT2D eigenvalue weighted by Gasteiger charge is -2.26. The minimum atomic E-state index is -0.473. The zero-order valence-electron chi connectivity index (χ0n) is 11.0. The maximum atomic E-state index is 12.3. The number of carbonyl (C=O) groups excluding carboxylic acids is 1. The molecule has 0 bridgehead atoms. The molecule has 0 heterocycles. The molecule has 0 saturated carbocycles. The summed E-state index contributed by atoms with van der Waals surface area (Å²) >= 11 is 3.34. The average molecular weight is 329 g/mol. The first kappa shape index (κ1) is 15.6. The summed E-state index contributed by atoms with van der Waals surface area (Å²) in [5.74, 6) is -0.0918. The summed E-state index contributed by atoms with van der Waals surface area (Å²) in [7, 11) is 0. The van der Waals surface area contributed by atoms with E-state index >= 15 is 0 Å². The molecule has 0 aliphatic heterocycles. The molecular weight excluding hydrogens is 312 g/mol. The summed E-state index contributed by atoms with van der Waals surface area (Å²) in [5.41, 5.74) is 0.474. The second-order valence-corrected chi connectivity index (χ2v) is 5.23. The van der Waals surface area contributed by atoms with Crippen molar-refractivity contribution in [2.24, 2.45) is 0 Å². The summed E-state index contributed by atoms with van der Waals surface area (Å²) in [6.07, 6.45) is 0.872. The largest absolute Gasteiger partial charge is 0.336 e. The predicted octanol–water partition coefficient (Wildman–Crippen LogP) is 3.23. The van der Waals surface area contributed by atoms with Crippen molar-refractivity contribution in [2.75, 3.05) is 11.9 Å². The quantitative estimate of drug-likeness (QED) is 0.457. The van der Waals surface area contributed by atoms with Crippen LogP contribution < -0.4 is 0 Å². The Morgan fingerprint density at radius 2 is 1.95 bits per heavy atom. The number of hydrogen-bond acceptors (Lipinski definition) is 3. The highest BCUT2D eigenvalue weighted by molar-refractivity contribution is 9.09. The molecule has 0 aromatic heterocycles. The lowest BCUT2D eigenvalue weighted by atomic mass is 10.1. The van der Waals surface area contributed by atoms with Gasteiger partial charge in [-0.25, -0.2) is 0 Å². The van der Waals surface area contributed by atoms with Gasteiger partial charge < -0.3 is 4.90 Å². The summed E-state index contributed by atoms with van der Waals surface area (Å²) < 4.78 is 0. The minimum absolute atomic E-state index is 0.00638. The topological polar surface area (TPSA) is 63.5 Å². The summed E-state index contributed by atoms with van der Waals surface area (Å²) in [4.78, 5) is 24.2. The molecule has 19 heavy (non-hydrogen) atoms. The Morgan fingerprint density at radius 3 is 2.37 bits per heavy atom. The standard InChI is InChI=1S/C13H17BrN2O3/c1-10(2)15(9-3-8-14)13(17)11-4-6-12(7-5-11)16(18)19/h4-7,10H,3,8-9H2,1-2H3. The van der Waals surface area contributed by atoms with E-state index in [4.69, 9.17) is 0 Å². The minimum Gasteiger partial charge on any atom is -0.336 e. The molecule has 0 saturated heterocycles. The van der Waals surface area contributed by atoms with Gasteiger partial charge in [0.15, 0.2) is 0 Å². The zero-order chi connectivity index (χ0) is 14.4. The van der Waals surface area contributed by atoms with Gasteiger partial charge in [-0.1, -0.05) is 15.9 Å². The molecule has 6 heteroatoms. The molecule has 0 N–H and O–H groups in total. The molecule has 0 spiro atoms. The number of rotatable bonds is 6. The Kier molecular flexibility index (Phi) is 5.95. The first-order chi connectivity index (χ1) is 8.97. The van der Waals surface area contributed by atoms with Crippen molar-refractivity contribution in [1.29, 1.82) is 0 Å². The summed E-state index contributed by atoms with van der Waals surface area (Å²) in [6, 6.07) is 5.82. The van der Waals surface area contributed by atoms with Crippen LogP contribution in [0.15, 0.2) is 24.3 Å². The van der Waals surface area contributed by atoms with Crippen LogP contribution in [0.4, 0.5) is 5.69 Å². The molecule has 1 rings (SSSR count). The molecule has 5 nitrogen and oxygen atoms in total. The smallest absolute Gasteiger partial charge is 0.269 e. The Hall–Kier alpha value is -1.43. The van der Waals surface area contributed by atoms with Crippen molar-refractivity contribution in [3.05, 3.63) is 39.9 Å². The van der Waals surface area contributed by atoms with Gasteiger partial charge in [0, 0.05) is 35.6 Å². The Balaban J connectivity index is 2.87. The number of halogens is 1. The highest BCUT2D eigenvalue weighted by Gasteiger charge is 2.18. The third-order valence-electron chi connectivity index (χ3n) is 2.74. The Morgan fingerprint density at radius 1 is 1.37 bits per heavy atom. The van der Waals surface area contributed by atoms with Gasteiger partial charge in [-0.2, -0.15) is 0 Å². The Bertz CT molecular complexity index is 446. The monoisotopic (exact) mass is 328 g/mol. The van der Waals surface area contributed by atoms with Crippen LogP contribution in [0.25, 0.3) is 0 Å². The number of nitrogens with zero attached hydrogens (tertiary/aromatic N) is 2. The first-order valence-electron chi connectivity index (χ1n) is 6.08. The van der Waals surface area contributed by atoms with Crippen LogP contribution in [0, 0.1) is 10.1 Å². The maximum absolute atomic E-state index is 12.3. The van der Waals surface area contributed by atoms with E-state index in [1.165, 1.54) is 24.3 Å². The number of hydrogen-bond donors (Lipinski definition) is 0. The molecule has 0 fully saturated rings. The normalized spacial score (nSPS) is 10.5. The van der Waals surface area contributed by atoms with E-state index < -0.39 is 4.92 Å². The van der Waals surface area contributed by atoms with Gasteiger partial charge in [-0.3, -0.25) is 14.9 Å². The van der Waals surface area contributed by atoms with E-state index in [1.54, 1.807) is 4.90 Å². The molecule has 1 aromatic carbocycles. The van der Waals surface area contributed by atoms with E-state index in [1.807, 2.05) is 13.8 Å². The highest BCUT2D eigenvalue weighted by Crippen LogP contribution is 2.15. The van der Waals surface area contributed by atoms with Crippen LogP contribution >= 0.6 is 15.9 Å².